The fraction of sp³-hybridized carbons (Fsp3) is 0.308. The van der Waals surface area contributed by atoms with Gasteiger partial charge in [-0.05, 0) is 49.5 Å². The molecule has 4 heteroatoms. The first-order valence-electron chi connectivity index (χ1n) is 5.65. The van der Waals surface area contributed by atoms with E-state index in [1.54, 1.807) is 0 Å². The zero-order valence-electron chi connectivity index (χ0n) is 9.23. The number of hydrogen-bond donors (Lipinski definition) is 2. The number of hydrogen-bond acceptors (Lipinski definition) is 3. The van der Waals surface area contributed by atoms with Gasteiger partial charge in [-0.2, -0.15) is 5.26 Å². The number of aromatic amines is 1. The van der Waals surface area contributed by atoms with Gasteiger partial charge < -0.3 is 9.17 Å². The molecule has 0 bridgehead atoms. The van der Waals surface area contributed by atoms with Crippen LogP contribution in [0.1, 0.15) is 23.2 Å². The second-order valence-electron chi connectivity index (χ2n) is 4.42. The Morgan fingerprint density at radius 3 is 3.12 bits per heavy atom. The number of fused-ring (bicyclic) bond motifs is 3. The number of rotatable bonds is 1. The number of nitrogens with one attached hydrogen (secondary N) is 1. The van der Waals surface area contributed by atoms with Gasteiger partial charge in [0, 0.05) is 23.0 Å². The summed E-state index contributed by atoms with van der Waals surface area (Å²) in [6.07, 6.45) is 3.02. The second kappa shape index (κ2) is 4.10. The summed E-state index contributed by atoms with van der Waals surface area (Å²) in [5.41, 5.74) is 4.36. The summed E-state index contributed by atoms with van der Waals surface area (Å²) in [6, 6.07) is 7.95. The number of nitrogens with zero attached hydrogens (tertiary/aromatic N) is 1. The summed E-state index contributed by atoms with van der Waals surface area (Å²) >= 11 is 3.91. The van der Waals surface area contributed by atoms with E-state index in [0.29, 0.717) is 5.56 Å². The highest BCUT2D eigenvalue weighted by atomic mass is 32.1. The van der Waals surface area contributed by atoms with Crippen LogP contribution in [0.3, 0.4) is 0 Å². The van der Waals surface area contributed by atoms with E-state index in [9.17, 15) is 0 Å². The van der Waals surface area contributed by atoms with Gasteiger partial charge in [-0.15, -0.1) is 0 Å². The molecular formula is C13H12N2OS. The van der Waals surface area contributed by atoms with Crippen LogP contribution in [0.2, 0.25) is 0 Å². The lowest BCUT2D eigenvalue weighted by molar-refractivity contribution is 0.226. The Bertz CT molecular complexity index is 612. The first-order chi connectivity index (χ1) is 8.31. The summed E-state index contributed by atoms with van der Waals surface area (Å²) in [7, 11) is 0. The molecule has 1 aromatic carbocycles. The second-order valence-corrected chi connectivity index (χ2v) is 4.64. The van der Waals surface area contributed by atoms with E-state index in [0.717, 1.165) is 30.2 Å². The van der Waals surface area contributed by atoms with Gasteiger partial charge in [0.25, 0.3) is 0 Å². The van der Waals surface area contributed by atoms with Gasteiger partial charge in [0.1, 0.15) is 0 Å². The van der Waals surface area contributed by atoms with Crippen molar-refractivity contribution in [3.8, 4) is 6.07 Å². The average molecular weight is 244 g/mol. The van der Waals surface area contributed by atoms with Crippen LogP contribution in [0.4, 0.5) is 0 Å². The van der Waals surface area contributed by atoms with Gasteiger partial charge in [0.15, 0.2) is 0 Å². The maximum absolute atomic E-state index is 8.94. The van der Waals surface area contributed by atoms with Crippen molar-refractivity contribution in [1.29, 1.82) is 5.26 Å². The molecule has 1 aliphatic rings. The van der Waals surface area contributed by atoms with Crippen molar-refractivity contribution in [2.24, 2.45) is 0 Å². The maximum Gasteiger partial charge on any atom is 0.0991 e. The highest BCUT2D eigenvalue weighted by Crippen LogP contribution is 2.31. The van der Waals surface area contributed by atoms with Crippen molar-refractivity contribution in [1.82, 2.24) is 4.98 Å². The van der Waals surface area contributed by atoms with Gasteiger partial charge in [0.2, 0.25) is 0 Å². The molecule has 1 aromatic heterocycles. The molecule has 86 valence electrons. The molecule has 0 aliphatic heterocycles. The van der Waals surface area contributed by atoms with Crippen LogP contribution in [0.15, 0.2) is 18.2 Å². The highest BCUT2D eigenvalue weighted by molar-refractivity contribution is 7.75. The molecule has 0 fully saturated rings. The summed E-state index contributed by atoms with van der Waals surface area (Å²) in [6.45, 7) is 0. The van der Waals surface area contributed by atoms with E-state index in [-0.39, 0.29) is 6.10 Å². The maximum atomic E-state index is 8.94. The SMILES string of the molecule is N#Cc1ccc2[nH]c3c(c2c1)CC(OS)CC3. The summed E-state index contributed by atoms with van der Waals surface area (Å²) in [4.78, 5) is 3.42. The number of nitriles is 1. The fourth-order valence-corrected chi connectivity index (χ4v) is 2.72. The molecule has 3 nitrogen and oxygen atoms in total. The number of benzene rings is 1. The Balaban J connectivity index is 2.16. The largest absolute Gasteiger partial charge is 0.358 e. The number of aromatic nitrogens is 1. The van der Waals surface area contributed by atoms with Crippen molar-refractivity contribution in [3.63, 3.8) is 0 Å². The quantitative estimate of drug-likeness (QED) is 0.598. The lowest BCUT2D eigenvalue weighted by atomic mass is 9.93. The van der Waals surface area contributed by atoms with Gasteiger partial charge in [-0.1, -0.05) is 0 Å². The molecule has 1 atom stereocenters. The van der Waals surface area contributed by atoms with E-state index >= 15 is 0 Å². The zero-order chi connectivity index (χ0) is 11.8. The third kappa shape index (κ3) is 1.72. The molecule has 0 radical (unpaired) electrons. The zero-order valence-corrected chi connectivity index (χ0v) is 10.1. The lowest BCUT2D eigenvalue weighted by Crippen LogP contribution is -2.18. The minimum atomic E-state index is 0.176. The van der Waals surface area contributed by atoms with Crippen molar-refractivity contribution in [2.45, 2.75) is 25.4 Å². The molecule has 1 unspecified atom stereocenters. The Labute approximate surface area is 105 Å². The Kier molecular flexibility index (Phi) is 2.58. The smallest absolute Gasteiger partial charge is 0.0991 e. The molecule has 0 spiro atoms. The lowest BCUT2D eigenvalue weighted by Gasteiger charge is -2.19. The Hall–Kier alpha value is -1.44. The topological polar surface area (TPSA) is 48.8 Å². The third-order valence-electron chi connectivity index (χ3n) is 3.42. The summed E-state index contributed by atoms with van der Waals surface area (Å²) in [5, 5.41) is 10.1. The van der Waals surface area contributed by atoms with Crippen LogP contribution in [-0.4, -0.2) is 11.1 Å². The van der Waals surface area contributed by atoms with Gasteiger partial charge in [0.05, 0.1) is 17.7 Å². The monoisotopic (exact) mass is 244 g/mol. The normalized spacial score (nSPS) is 18.9. The Morgan fingerprint density at radius 2 is 2.35 bits per heavy atom. The Morgan fingerprint density at radius 1 is 1.47 bits per heavy atom. The van der Waals surface area contributed by atoms with Crippen molar-refractivity contribution < 1.29 is 4.18 Å². The van der Waals surface area contributed by atoms with Crippen molar-refractivity contribution >= 4 is 23.8 Å². The van der Waals surface area contributed by atoms with Crippen molar-refractivity contribution in [3.05, 3.63) is 35.0 Å². The van der Waals surface area contributed by atoms with E-state index in [2.05, 4.69) is 24.0 Å². The number of H-pyrrole nitrogens is 1. The molecule has 2 aromatic rings. The average Bonchev–Trinajstić information content (AvgIpc) is 2.75. The van der Waals surface area contributed by atoms with Crippen LogP contribution in [0, 0.1) is 11.3 Å². The molecule has 3 rings (SSSR count). The van der Waals surface area contributed by atoms with Crippen LogP contribution in [0.25, 0.3) is 10.9 Å². The molecular weight excluding hydrogens is 232 g/mol. The molecule has 0 amide bonds. The molecule has 1 N–H and O–H groups in total. The molecule has 17 heavy (non-hydrogen) atoms. The van der Waals surface area contributed by atoms with E-state index in [4.69, 9.17) is 9.44 Å². The van der Waals surface area contributed by atoms with Gasteiger partial charge >= 0.3 is 0 Å². The molecule has 1 aliphatic carbocycles. The predicted molar refractivity (Wildman–Crippen MR) is 68.9 cm³/mol. The predicted octanol–water partition coefficient (Wildman–Crippen LogP) is 2.76. The van der Waals surface area contributed by atoms with Crippen LogP contribution < -0.4 is 0 Å². The number of aryl methyl sites for hydroxylation is 1. The third-order valence-corrected chi connectivity index (χ3v) is 3.72. The van der Waals surface area contributed by atoms with Crippen molar-refractivity contribution in [2.75, 3.05) is 0 Å². The standard InChI is InChI=1S/C13H12N2OS/c14-7-8-1-3-12-10(5-8)11-6-9(16-17)2-4-13(11)15-12/h1,3,5,9,15,17H,2,4,6H2. The van der Waals surface area contributed by atoms with E-state index < -0.39 is 0 Å². The fourth-order valence-electron chi connectivity index (χ4n) is 2.54. The van der Waals surface area contributed by atoms with Crippen LogP contribution >= 0.6 is 12.9 Å². The van der Waals surface area contributed by atoms with Crippen LogP contribution in [0.5, 0.6) is 0 Å². The number of thiol groups is 1. The molecule has 0 saturated carbocycles. The minimum absolute atomic E-state index is 0.176. The minimum Gasteiger partial charge on any atom is -0.358 e. The molecule has 0 saturated heterocycles. The van der Waals surface area contributed by atoms with Gasteiger partial charge in [-0.25, -0.2) is 0 Å². The van der Waals surface area contributed by atoms with E-state index in [1.165, 1.54) is 11.3 Å². The first-order valence-corrected chi connectivity index (χ1v) is 6.02. The highest BCUT2D eigenvalue weighted by Gasteiger charge is 2.22. The summed E-state index contributed by atoms with van der Waals surface area (Å²) < 4.78 is 5.14. The van der Waals surface area contributed by atoms with Crippen LogP contribution in [-0.2, 0) is 17.0 Å². The summed E-state index contributed by atoms with van der Waals surface area (Å²) in [5.74, 6) is 0. The van der Waals surface area contributed by atoms with E-state index in [1.807, 2.05) is 18.2 Å². The van der Waals surface area contributed by atoms with Gasteiger partial charge in [-0.3, -0.25) is 0 Å². The first kappa shape index (κ1) is 10.7. The molecule has 1 heterocycles.